The van der Waals surface area contributed by atoms with Crippen molar-refractivity contribution in [3.63, 3.8) is 0 Å². The molecule has 0 aliphatic carbocycles. The first-order valence-electron chi connectivity index (χ1n) is 6.50. The summed E-state index contributed by atoms with van der Waals surface area (Å²) in [5, 5.41) is 5.88. The molecule has 0 aliphatic rings. The molecule has 0 atom stereocenters. The van der Waals surface area contributed by atoms with E-state index in [2.05, 4.69) is 39.6 Å². The second kappa shape index (κ2) is 8.93. The lowest BCUT2D eigenvalue weighted by Gasteiger charge is -2.12. The van der Waals surface area contributed by atoms with Crippen molar-refractivity contribution >= 4 is 21.8 Å². The summed E-state index contributed by atoms with van der Waals surface area (Å²) in [5.41, 5.74) is 1.12. The molecule has 0 spiro atoms. The summed E-state index contributed by atoms with van der Waals surface area (Å²) in [5.74, 6) is 0.924. The Morgan fingerprint density at radius 1 is 1.42 bits per heavy atom. The van der Waals surface area contributed by atoms with E-state index in [9.17, 15) is 4.79 Å². The normalized spacial score (nSPS) is 10.3. The van der Waals surface area contributed by atoms with Crippen LogP contribution in [-0.2, 0) is 11.3 Å². The summed E-state index contributed by atoms with van der Waals surface area (Å²) in [6.07, 6.45) is 1.21. The van der Waals surface area contributed by atoms with Crippen LogP contribution in [0.1, 0.15) is 25.3 Å². The Hall–Kier alpha value is -1.07. The largest absolute Gasteiger partial charge is 0.493 e. The van der Waals surface area contributed by atoms with Crippen LogP contribution in [0.4, 0.5) is 0 Å². The van der Waals surface area contributed by atoms with Crippen molar-refractivity contribution in [2.75, 3.05) is 20.2 Å². The highest BCUT2D eigenvalue weighted by Gasteiger charge is 2.05. The van der Waals surface area contributed by atoms with Gasteiger partial charge >= 0.3 is 0 Å². The second-order valence-electron chi connectivity index (χ2n) is 4.16. The van der Waals surface area contributed by atoms with E-state index in [0.717, 1.165) is 35.3 Å². The lowest BCUT2D eigenvalue weighted by atomic mass is 10.2. The SMILES string of the molecule is CCNCc1cc(Br)ccc1OCCCC(=O)NC. The zero-order chi connectivity index (χ0) is 14.1. The van der Waals surface area contributed by atoms with Crippen LogP contribution in [0.3, 0.4) is 0 Å². The number of benzene rings is 1. The first kappa shape index (κ1) is 16.0. The van der Waals surface area contributed by atoms with E-state index in [0.29, 0.717) is 13.0 Å². The summed E-state index contributed by atoms with van der Waals surface area (Å²) in [7, 11) is 1.65. The topological polar surface area (TPSA) is 50.4 Å². The molecule has 1 aromatic rings. The van der Waals surface area contributed by atoms with E-state index in [4.69, 9.17) is 4.74 Å². The van der Waals surface area contributed by atoms with Gasteiger partial charge in [-0.1, -0.05) is 22.9 Å². The van der Waals surface area contributed by atoms with Gasteiger partial charge in [0.15, 0.2) is 0 Å². The van der Waals surface area contributed by atoms with Gasteiger partial charge in [0.05, 0.1) is 6.61 Å². The highest BCUT2D eigenvalue weighted by Crippen LogP contribution is 2.23. The molecular weight excluding hydrogens is 308 g/mol. The maximum Gasteiger partial charge on any atom is 0.219 e. The molecule has 0 fully saturated rings. The number of halogens is 1. The molecule has 0 unspecified atom stereocenters. The molecule has 0 saturated heterocycles. The molecule has 0 aliphatic heterocycles. The molecule has 1 aromatic carbocycles. The molecule has 0 heterocycles. The fourth-order valence-electron chi connectivity index (χ4n) is 1.63. The van der Waals surface area contributed by atoms with Gasteiger partial charge in [0.2, 0.25) is 5.91 Å². The first-order chi connectivity index (χ1) is 9.17. The third-order valence-corrected chi connectivity index (χ3v) is 3.17. The highest BCUT2D eigenvalue weighted by atomic mass is 79.9. The summed E-state index contributed by atoms with van der Waals surface area (Å²) < 4.78 is 6.78. The highest BCUT2D eigenvalue weighted by molar-refractivity contribution is 9.10. The summed E-state index contributed by atoms with van der Waals surface area (Å²) in [6.45, 7) is 4.32. The summed E-state index contributed by atoms with van der Waals surface area (Å²) in [4.78, 5) is 11.1. The number of nitrogens with one attached hydrogen (secondary N) is 2. The van der Waals surface area contributed by atoms with Crippen molar-refractivity contribution in [1.29, 1.82) is 0 Å². The third kappa shape index (κ3) is 6.07. The Labute approximate surface area is 123 Å². The van der Waals surface area contributed by atoms with Gasteiger partial charge in [0, 0.05) is 30.0 Å². The molecule has 5 heteroatoms. The van der Waals surface area contributed by atoms with Crippen molar-refractivity contribution in [2.45, 2.75) is 26.3 Å². The number of rotatable bonds is 8. The Kier molecular flexibility index (Phi) is 7.52. The lowest BCUT2D eigenvalue weighted by Crippen LogP contribution is -2.18. The second-order valence-corrected chi connectivity index (χ2v) is 5.07. The van der Waals surface area contributed by atoms with E-state index in [-0.39, 0.29) is 5.91 Å². The average Bonchev–Trinajstić information content (AvgIpc) is 2.42. The lowest BCUT2D eigenvalue weighted by molar-refractivity contribution is -0.120. The fourth-order valence-corrected chi connectivity index (χ4v) is 2.03. The standard InChI is InChI=1S/C14H21BrN2O2/c1-3-17-10-11-9-12(15)6-7-13(11)19-8-4-5-14(18)16-2/h6-7,9,17H,3-5,8,10H2,1-2H3,(H,16,18). The zero-order valence-electron chi connectivity index (χ0n) is 11.5. The molecule has 4 nitrogen and oxygen atoms in total. The van der Waals surface area contributed by atoms with Crippen LogP contribution < -0.4 is 15.4 Å². The van der Waals surface area contributed by atoms with E-state index < -0.39 is 0 Å². The third-order valence-electron chi connectivity index (χ3n) is 2.67. The van der Waals surface area contributed by atoms with Crippen LogP contribution in [0.25, 0.3) is 0 Å². The van der Waals surface area contributed by atoms with Crippen LogP contribution in [0.15, 0.2) is 22.7 Å². The first-order valence-corrected chi connectivity index (χ1v) is 7.29. The van der Waals surface area contributed by atoms with Crippen LogP contribution in [-0.4, -0.2) is 26.1 Å². The Balaban J connectivity index is 2.49. The number of amides is 1. The molecule has 2 N–H and O–H groups in total. The number of hydrogen-bond donors (Lipinski definition) is 2. The maximum atomic E-state index is 11.1. The number of hydrogen-bond acceptors (Lipinski definition) is 3. The quantitative estimate of drug-likeness (QED) is 0.721. The Morgan fingerprint density at radius 3 is 2.89 bits per heavy atom. The molecule has 106 valence electrons. The predicted molar refractivity (Wildman–Crippen MR) is 80.3 cm³/mol. The molecule has 0 saturated carbocycles. The predicted octanol–water partition coefficient (Wildman–Crippen LogP) is 2.46. The number of ether oxygens (including phenoxy) is 1. The fraction of sp³-hybridized carbons (Fsp3) is 0.500. The Morgan fingerprint density at radius 2 is 2.21 bits per heavy atom. The average molecular weight is 329 g/mol. The summed E-state index contributed by atoms with van der Waals surface area (Å²) in [6, 6.07) is 5.97. The van der Waals surface area contributed by atoms with E-state index in [1.165, 1.54) is 0 Å². The van der Waals surface area contributed by atoms with Gasteiger partial charge < -0.3 is 15.4 Å². The van der Waals surface area contributed by atoms with Gasteiger partial charge in [-0.15, -0.1) is 0 Å². The molecule has 0 radical (unpaired) electrons. The van der Waals surface area contributed by atoms with Gasteiger partial charge in [0.1, 0.15) is 5.75 Å². The van der Waals surface area contributed by atoms with Gasteiger partial charge in [-0.2, -0.15) is 0 Å². The number of carbonyl (C=O) groups is 1. The van der Waals surface area contributed by atoms with Crippen LogP contribution in [0.2, 0.25) is 0 Å². The van der Waals surface area contributed by atoms with Crippen molar-refractivity contribution in [1.82, 2.24) is 10.6 Å². The van der Waals surface area contributed by atoms with Gasteiger partial charge in [-0.3, -0.25) is 4.79 Å². The van der Waals surface area contributed by atoms with Crippen molar-refractivity contribution in [3.8, 4) is 5.75 Å². The van der Waals surface area contributed by atoms with E-state index in [1.54, 1.807) is 7.05 Å². The molecule has 0 bridgehead atoms. The molecule has 1 amide bonds. The number of carbonyl (C=O) groups excluding carboxylic acids is 1. The van der Waals surface area contributed by atoms with Crippen LogP contribution in [0.5, 0.6) is 5.75 Å². The minimum absolute atomic E-state index is 0.0484. The minimum atomic E-state index is 0.0484. The van der Waals surface area contributed by atoms with Crippen molar-refractivity contribution < 1.29 is 9.53 Å². The molecule has 19 heavy (non-hydrogen) atoms. The minimum Gasteiger partial charge on any atom is -0.493 e. The van der Waals surface area contributed by atoms with E-state index >= 15 is 0 Å². The van der Waals surface area contributed by atoms with Crippen LogP contribution in [0, 0.1) is 0 Å². The van der Waals surface area contributed by atoms with Gasteiger partial charge in [-0.25, -0.2) is 0 Å². The molecular formula is C14H21BrN2O2. The van der Waals surface area contributed by atoms with Crippen molar-refractivity contribution in [2.24, 2.45) is 0 Å². The molecule has 1 rings (SSSR count). The zero-order valence-corrected chi connectivity index (χ0v) is 13.0. The van der Waals surface area contributed by atoms with Crippen LogP contribution >= 0.6 is 15.9 Å². The Bertz CT molecular complexity index is 410. The van der Waals surface area contributed by atoms with Crippen molar-refractivity contribution in [3.05, 3.63) is 28.2 Å². The van der Waals surface area contributed by atoms with Gasteiger partial charge in [-0.05, 0) is 31.2 Å². The summed E-state index contributed by atoms with van der Waals surface area (Å²) >= 11 is 3.46. The van der Waals surface area contributed by atoms with E-state index in [1.807, 2.05) is 12.1 Å². The maximum absolute atomic E-state index is 11.1. The smallest absolute Gasteiger partial charge is 0.219 e. The molecule has 0 aromatic heterocycles. The monoisotopic (exact) mass is 328 g/mol. The van der Waals surface area contributed by atoms with Gasteiger partial charge in [0.25, 0.3) is 0 Å².